The number of hydrogen-bond donors (Lipinski definition) is 2. The molecule has 6 atom stereocenters. The monoisotopic (exact) mass is 507 g/mol. The average Bonchev–Trinajstić information content (AvgIpc) is 2.69. The Morgan fingerprint density at radius 1 is 1.00 bits per heavy atom. The average molecular weight is 508 g/mol. The van der Waals surface area contributed by atoms with Gasteiger partial charge in [-0.25, -0.2) is 4.79 Å². The molecule has 0 radical (unpaired) electrons. The molecule has 0 unspecified atom stereocenters. The van der Waals surface area contributed by atoms with Crippen molar-refractivity contribution in [2.24, 2.45) is 0 Å². The number of nitrogens with one attached hydrogen (secondary N) is 1. The van der Waals surface area contributed by atoms with Crippen molar-refractivity contribution < 1.29 is 57.6 Å². The summed E-state index contributed by atoms with van der Waals surface area (Å²) in [6.07, 6.45) is -4.67. The van der Waals surface area contributed by atoms with Gasteiger partial charge in [-0.1, -0.05) is 0 Å². The maximum Gasteiger partial charge on any atom is 0.346 e. The van der Waals surface area contributed by atoms with E-state index in [1.165, 1.54) is 13.2 Å². The molecule has 13 nitrogen and oxygen atoms in total. The van der Waals surface area contributed by atoms with Gasteiger partial charge in [0.15, 0.2) is 12.2 Å². The van der Waals surface area contributed by atoms with E-state index in [1.807, 2.05) is 0 Å². The highest BCUT2D eigenvalue weighted by Crippen LogP contribution is 2.41. The van der Waals surface area contributed by atoms with E-state index in [1.54, 1.807) is 0 Å². The largest absolute Gasteiger partial charge is 0.478 e. The summed E-state index contributed by atoms with van der Waals surface area (Å²) in [6.45, 7) is 4.90. The molecule has 1 heterocycles. The molecule has 192 valence electrons. The predicted octanol–water partition coefficient (Wildman–Crippen LogP) is -0.218. The van der Waals surface area contributed by atoms with Crippen LogP contribution in [-0.2, 0) is 52.5 Å². The highest BCUT2D eigenvalue weighted by atomic mass is 32.2. The first-order chi connectivity index (χ1) is 15.7. The number of hydrogen-bond acceptors (Lipinski definition) is 12. The third kappa shape index (κ3) is 8.17. The van der Waals surface area contributed by atoms with Crippen molar-refractivity contribution in [3.63, 3.8) is 0 Å². The molecule has 1 fully saturated rings. The number of carboxylic acid groups (broad SMARTS) is 1. The van der Waals surface area contributed by atoms with Crippen molar-refractivity contribution in [2.45, 2.75) is 76.4 Å². The minimum atomic E-state index is -1.99. The predicted molar refractivity (Wildman–Crippen MR) is 114 cm³/mol. The first kappa shape index (κ1) is 29.2. The summed E-state index contributed by atoms with van der Waals surface area (Å²) in [5, 5.41) is 12.4. The van der Waals surface area contributed by atoms with Crippen LogP contribution >= 0.6 is 11.8 Å². The molecular weight excluding hydrogens is 478 g/mol. The normalized spacial score (nSPS) is 25.8. The van der Waals surface area contributed by atoms with Crippen LogP contribution in [0.2, 0.25) is 0 Å². The lowest BCUT2D eigenvalue weighted by Gasteiger charge is -2.48. The van der Waals surface area contributed by atoms with Gasteiger partial charge < -0.3 is 34.1 Å². The van der Waals surface area contributed by atoms with E-state index in [0.717, 1.165) is 39.5 Å². The zero-order valence-electron chi connectivity index (χ0n) is 19.6. The maximum atomic E-state index is 12.2. The maximum absolute atomic E-state index is 12.2. The number of esters is 4. The van der Waals surface area contributed by atoms with Crippen LogP contribution in [0.1, 0.15) is 41.0 Å². The Morgan fingerprint density at radius 3 is 2.00 bits per heavy atom. The fourth-order valence-corrected chi connectivity index (χ4v) is 4.18. The van der Waals surface area contributed by atoms with E-state index in [-0.39, 0.29) is 6.42 Å². The van der Waals surface area contributed by atoms with Gasteiger partial charge in [0.05, 0.1) is 6.04 Å². The molecule has 0 bridgehead atoms. The van der Waals surface area contributed by atoms with Gasteiger partial charge in [0.2, 0.25) is 10.8 Å². The molecule has 1 aliphatic rings. The zero-order valence-corrected chi connectivity index (χ0v) is 20.5. The lowest BCUT2D eigenvalue weighted by Crippen LogP contribution is -2.67. The van der Waals surface area contributed by atoms with Crippen molar-refractivity contribution >= 4 is 47.5 Å². The number of carboxylic acids is 1. The summed E-state index contributed by atoms with van der Waals surface area (Å²) in [5.74, 6) is -5.20. The standard InChI is InChI=1S/C20H29NO12S/c1-9(22)21-16-14(30-11(3)24)7-20(34-6,19(27)28)33-18(16)17(32-13(5)26)15(31-12(4)25)8-29-10(2)23/h14-18H,7-8H2,1-6H3,(H,21,22)(H,27,28)/t14-,15+,16+,17+,18+,20+/m0/s1. The van der Waals surface area contributed by atoms with Crippen LogP contribution in [-0.4, -0.2) is 89.1 Å². The topological polar surface area (TPSA) is 181 Å². The summed E-state index contributed by atoms with van der Waals surface area (Å²) >= 11 is 0.778. The fourth-order valence-electron chi connectivity index (χ4n) is 3.47. The molecular formula is C20H29NO12S. The second kappa shape index (κ2) is 12.6. The quantitative estimate of drug-likeness (QED) is 0.293. The van der Waals surface area contributed by atoms with Gasteiger partial charge in [0.1, 0.15) is 18.8 Å². The van der Waals surface area contributed by atoms with Crippen LogP contribution in [0.5, 0.6) is 0 Å². The van der Waals surface area contributed by atoms with Gasteiger partial charge in [-0.05, 0) is 6.26 Å². The molecule has 1 aliphatic heterocycles. The van der Waals surface area contributed by atoms with Gasteiger partial charge in [-0.3, -0.25) is 24.0 Å². The Kier molecular flexibility index (Phi) is 10.8. The summed E-state index contributed by atoms with van der Waals surface area (Å²) in [5.41, 5.74) is 0. The van der Waals surface area contributed by atoms with Crippen molar-refractivity contribution in [1.29, 1.82) is 0 Å². The van der Waals surface area contributed by atoms with Crippen LogP contribution in [0.4, 0.5) is 0 Å². The van der Waals surface area contributed by atoms with Crippen LogP contribution in [0.25, 0.3) is 0 Å². The minimum Gasteiger partial charge on any atom is -0.478 e. The molecule has 0 aromatic rings. The SMILES string of the molecule is CS[C@@]1(C(=O)O)C[C@H](OC(C)=O)[C@@H](NC(C)=O)[C@H]([C@H](OC(C)=O)[C@@H](COC(C)=O)OC(C)=O)O1. The molecule has 0 aromatic carbocycles. The van der Waals surface area contributed by atoms with Crippen LogP contribution in [0, 0.1) is 0 Å². The molecule has 0 spiro atoms. The van der Waals surface area contributed by atoms with E-state index >= 15 is 0 Å². The van der Waals surface area contributed by atoms with E-state index in [0.29, 0.717) is 0 Å². The zero-order chi connectivity index (χ0) is 26.2. The van der Waals surface area contributed by atoms with E-state index in [4.69, 9.17) is 23.7 Å². The third-order valence-corrected chi connectivity index (χ3v) is 5.75. The number of carbonyl (C=O) groups excluding carboxylic acids is 5. The molecule has 1 rings (SSSR count). The van der Waals surface area contributed by atoms with Crippen molar-refractivity contribution in [3.05, 3.63) is 0 Å². The van der Waals surface area contributed by atoms with Crippen molar-refractivity contribution in [3.8, 4) is 0 Å². The summed E-state index contributed by atoms with van der Waals surface area (Å²) in [7, 11) is 0. The Labute approximate surface area is 200 Å². The first-order valence-corrected chi connectivity index (χ1v) is 11.3. The summed E-state index contributed by atoms with van der Waals surface area (Å²) in [4.78, 5) is 69.0. The summed E-state index contributed by atoms with van der Waals surface area (Å²) < 4.78 is 26.7. The van der Waals surface area contributed by atoms with Gasteiger partial charge in [0, 0.05) is 41.0 Å². The number of rotatable bonds is 10. The molecule has 34 heavy (non-hydrogen) atoms. The third-order valence-electron chi connectivity index (χ3n) is 4.65. The number of carbonyl (C=O) groups is 6. The number of ether oxygens (including phenoxy) is 5. The molecule has 2 N–H and O–H groups in total. The van der Waals surface area contributed by atoms with Gasteiger partial charge in [-0.2, -0.15) is 0 Å². The molecule has 0 aliphatic carbocycles. The van der Waals surface area contributed by atoms with Crippen molar-refractivity contribution in [1.82, 2.24) is 5.32 Å². The highest BCUT2D eigenvalue weighted by molar-refractivity contribution is 8.00. The van der Waals surface area contributed by atoms with Crippen molar-refractivity contribution in [2.75, 3.05) is 12.9 Å². The van der Waals surface area contributed by atoms with E-state index < -0.39 is 77.8 Å². The Hall–Kier alpha value is -2.87. The lowest BCUT2D eigenvalue weighted by atomic mass is 9.89. The Bertz CT molecular complexity index is 817. The number of aliphatic carboxylic acids is 1. The molecule has 0 aromatic heterocycles. The fraction of sp³-hybridized carbons (Fsp3) is 0.700. The molecule has 0 saturated carbocycles. The Balaban J connectivity index is 3.67. The smallest absolute Gasteiger partial charge is 0.346 e. The van der Waals surface area contributed by atoms with Gasteiger partial charge in [0.25, 0.3) is 0 Å². The van der Waals surface area contributed by atoms with Gasteiger partial charge >= 0.3 is 29.8 Å². The van der Waals surface area contributed by atoms with E-state index in [2.05, 4.69) is 5.32 Å². The number of thioether (sulfide) groups is 1. The van der Waals surface area contributed by atoms with Crippen LogP contribution in [0.3, 0.4) is 0 Å². The highest BCUT2D eigenvalue weighted by Gasteiger charge is 2.57. The lowest BCUT2D eigenvalue weighted by molar-refractivity contribution is -0.223. The number of amides is 1. The molecule has 1 saturated heterocycles. The van der Waals surface area contributed by atoms with E-state index in [9.17, 15) is 33.9 Å². The van der Waals surface area contributed by atoms with Gasteiger partial charge in [-0.15, -0.1) is 11.8 Å². The first-order valence-electron chi connectivity index (χ1n) is 10.1. The Morgan fingerprint density at radius 2 is 1.59 bits per heavy atom. The second-order valence-electron chi connectivity index (χ2n) is 7.45. The second-order valence-corrected chi connectivity index (χ2v) is 8.52. The summed E-state index contributed by atoms with van der Waals surface area (Å²) in [6, 6.07) is -1.22. The van der Waals surface area contributed by atoms with Crippen LogP contribution in [0.15, 0.2) is 0 Å². The van der Waals surface area contributed by atoms with Crippen LogP contribution < -0.4 is 5.32 Å². The minimum absolute atomic E-state index is 0.362. The molecule has 1 amide bonds. The molecule has 14 heteroatoms.